The van der Waals surface area contributed by atoms with E-state index >= 15 is 0 Å². The van der Waals surface area contributed by atoms with E-state index < -0.39 is 11.7 Å². The first-order valence-electron chi connectivity index (χ1n) is 5.45. The number of halogens is 4. The largest absolute Gasteiger partial charge is 0.454 e. The Morgan fingerprint density at radius 2 is 1.75 bits per heavy atom. The van der Waals surface area contributed by atoms with Crippen molar-refractivity contribution in [1.82, 2.24) is 0 Å². The summed E-state index contributed by atoms with van der Waals surface area (Å²) in [6.07, 6.45) is -4.47. The van der Waals surface area contributed by atoms with Crippen LogP contribution in [0.1, 0.15) is 11.1 Å². The summed E-state index contributed by atoms with van der Waals surface area (Å²) in [4.78, 5) is 0. The SMILES string of the molecule is N#Cc1ccccc1Oc1ccc(C(F)(F)F)cc1Cl. The van der Waals surface area contributed by atoms with Crippen LogP contribution in [0.3, 0.4) is 0 Å². The van der Waals surface area contributed by atoms with Gasteiger partial charge in [-0.05, 0) is 30.3 Å². The molecule has 102 valence electrons. The lowest BCUT2D eigenvalue weighted by molar-refractivity contribution is -0.137. The standard InChI is InChI=1S/C14H7ClF3NO/c15-11-7-10(14(16,17)18)5-6-13(11)20-12-4-2-1-3-9(12)8-19/h1-7H. The lowest BCUT2D eigenvalue weighted by atomic mass is 10.2. The average molecular weight is 298 g/mol. The van der Waals surface area contributed by atoms with Crippen LogP contribution >= 0.6 is 11.6 Å². The van der Waals surface area contributed by atoms with E-state index in [4.69, 9.17) is 21.6 Å². The highest BCUT2D eigenvalue weighted by molar-refractivity contribution is 6.32. The Hall–Kier alpha value is -2.19. The van der Waals surface area contributed by atoms with Crippen LogP contribution in [0.25, 0.3) is 0 Å². The van der Waals surface area contributed by atoms with Crippen LogP contribution < -0.4 is 4.74 Å². The molecule has 0 unspecified atom stereocenters. The molecule has 0 spiro atoms. The van der Waals surface area contributed by atoms with Crippen LogP contribution in [0.4, 0.5) is 13.2 Å². The maximum absolute atomic E-state index is 12.5. The van der Waals surface area contributed by atoms with Gasteiger partial charge in [-0.2, -0.15) is 18.4 Å². The Bertz CT molecular complexity index is 677. The van der Waals surface area contributed by atoms with Crippen molar-refractivity contribution in [1.29, 1.82) is 5.26 Å². The van der Waals surface area contributed by atoms with Crippen LogP contribution in [0.5, 0.6) is 11.5 Å². The lowest BCUT2D eigenvalue weighted by Crippen LogP contribution is -2.04. The van der Waals surface area contributed by atoms with Gasteiger partial charge < -0.3 is 4.74 Å². The quantitative estimate of drug-likeness (QED) is 0.779. The van der Waals surface area contributed by atoms with Crippen molar-refractivity contribution >= 4 is 11.6 Å². The second kappa shape index (κ2) is 5.43. The van der Waals surface area contributed by atoms with Crippen LogP contribution in [0.15, 0.2) is 42.5 Å². The summed E-state index contributed by atoms with van der Waals surface area (Å²) in [6.45, 7) is 0. The maximum atomic E-state index is 12.5. The minimum atomic E-state index is -4.47. The van der Waals surface area contributed by atoms with Crippen molar-refractivity contribution in [3.63, 3.8) is 0 Å². The normalized spacial score (nSPS) is 10.9. The van der Waals surface area contributed by atoms with Crippen LogP contribution in [0.2, 0.25) is 5.02 Å². The number of benzene rings is 2. The summed E-state index contributed by atoms with van der Waals surface area (Å²) in [5, 5.41) is 8.73. The van der Waals surface area contributed by atoms with Gasteiger partial charge in [-0.15, -0.1) is 0 Å². The first kappa shape index (κ1) is 14.2. The molecule has 2 nitrogen and oxygen atoms in total. The molecular weight excluding hydrogens is 291 g/mol. The molecule has 0 amide bonds. The molecule has 2 rings (SSSR count). The van der Waals surface area contributed by atoms with Crippen LogP contribution in [0, 0.1) is 11.3 Å². The van der Waals surface area contributed by atoms with Gasteiger partial charge in [0, 0.05) is 0 Å². The predicted octanol–water partition coefficient (Wildman–Crippen LogP) is 5.02. The zero-order valence-electron chi connectivity index (χ0n) is 9.91. The molecule has 0 radical (unpaired) electrons. The highest BCUT2D eigenvalue weighted by atomic mass is 35.5. The number of hydrogen-bond acceptors (Lipinski definition) is 2. The number of rotatable bonds is 2. The maximum Gasteiger partial charge on any atom is 0.416 e. The molecule has 2 aromatic rings. The third-order valence-electron chi connectivity index (χ3n) is 2.49. The van der Waals surface area contributed by atoms with E-state index in [1.54, 1.807) is 12.1 Å². The first-order chi connectivity index (χ1) is 9.41. The zero-order chi connectivity index (χ0) is 14.8. The van der Waals surface area contributed by atoms with Crippen LogP contribution in [-0.4, -0.2) is 0 Å². The van der Waals surface area contributed by atoms with Crippen LogP contribution in [-0.2, 0) is 6.18 Å². The number of nitriles is 1. The summed E-state index contributed by atoms with van der Waals surface area (Å²) >= 11 is 5.77. The zero-order valence-corrected chi connectivity index (χ0v) is 10.7. The minimum Gasteiger partial charge on any atom is -0.454 e. The average Bonchev–Trinajstić information content (AvgIpc) is 2.40. The van der Waals surface area contributed by atoms with Crippen molar-refractivity contribution in [2.45, 2.75) is 6.18 Å². The summed E-state index contributed by atoms with van der Waals surface area (Å²) in [7, 11) is 0. The number of alkyl halides is 3. The van der Waals surface area contributed by atoms with E-state index in [-0.39, 0.29) is 22.1 Å². The Morgan fingerprint density at radius 3 is 2.35 bits per heavy atom. The monoisotopic (exact) mass is 297 g/mol. The van der Waals surface area contributed by atoms with Crippen molar-refractivity contribution in [3.8, 4) is 17.6 Å². The van der Waals surface area contributed by atoms with Gasteiger partial charge in [-0.3, -0.25) is 0 Å². The van der Waals surface area contributed by atoms with Crippen molar-refractivity contribution < 1.29 is 17.9 Å². The molecular formula is C14H7ClF3NO. The van der Waals surface area contributed by atoms with Crippen molar-refractivity contribution in [2.75, 3.05) is 0 Å². The fourth-order valence-electron chi connectivity index (χ4n) is 1.53. The highest BCUT2D eigenvalue weighted by Gasteiger charge is 2.31. The molecule has 0 aliphatic carbocycles. The fourth-order valence-corrected chi connectivity index (χ4v) is 1.75. The van der Waals surface area contributed by atoms with Gasteiger partial charge in [0.2, 0.25) is 0 Å². The summed E-state index contributed by atoms with van der Waals surface area (Å²) in [6, 6.07) is 11.1. The summed E-state index contributed by atoms with van der Waals surface area (Å²) in [5.41, 5.74) is -0.591. The molecule has 0 fully saturated rings. The van der Waals surface area contributed by atoms with Gasteiger partial charge in [0.15, 0.2) is 0 Å². The Labute approximate surface area is 118 Å². The topological polar surface area (TPSA) is 33.0 Å². The second-order valence-corrected chi connectivity index (χ2v) is 4.26. The molecule has 6 heteroatoms. The number of ether oxygens (including phenoxy) is 1. The Morgan fingerprint density at radius 1 is 1.05 bits per heavy atom. The molecule has 20 heavy (non-hydrogen) atoms. The Balaban J connectivity index is 2.34. The lowest BCUT2D eigenvalue weighted by Gasteiger charge is -2.11. The number of nitrogens with zero attached hydrogens (tertiary/aromatic N) is 1. The molecule has 0 aliphatic rings. The third-order valence-corrected chi connectivity index (χ3v) is 2.78. The van der Waals surface area contributed by atoms with Gasteiger partial charge in [0.1, 0.15) is 17.6 Å². The highest BCUT2D eigenvalue weighted by Crippen LogP contribution is 2.36. The van der Waals surface area contributed by atoms with Gasteiger partial charge in [0.25, 0.3) is 0 Å². The van der Waals surface area contributed by atoms with E-state index in [0.717, 1.165) is 18.2 Å². The first-order valence-corrected chi connectivity index (χ1v) is 5.83. The van der Waals surface area contributed by atoms with Gasteiger partial charge in [0.05, 0.1) is 16.1 Å². The van der Waals surface area contributed by atoms with Gasteiger partial charge >= 0.3 is 6.18 Å². The van der Waals surface area contributed by atoms with E-state index in [1.807, 2.05) is 6.07 Å². The smallest absolute Gasteiger partial charge is 0.416 e. The van der Waals surface area contributed by atoms with Gasteiger partial charge in [-0.25, -0.2) is 0 Å². The van der Waals surface area contributed by atoms with E-state index in [2.05, 4.69) is 0 Å². The number of para-hydroxylation sites is 1. The summed E-state index contributed by atoms with van der Waals surface area (Å²) < 4.78 is 42.9. The second-order valence-electron chi connectivity index (χ2n) is 3.85. The molecule has 0 aromatic heterocycles. The van der Waals surface area contributed by atoms with E-state index in [1.165, 1.54) is 12.1 Å². The molecule has 0 N–H and O–H groups in total. The van der Waals surface area contributed by atoms with Gasteiger partial charge in [-0.1, -0.05) is 23.7 Å². The van der Waals surface area contributed by atoms with E-state index in [0.29, 0.717) is 0 Å². The predicted molar refractivity (Wildman–Crippen MR) is 67.7 cm³/mol. The van der Waals surface area contributed by atoms with Crippen molar-refractivity contribution in [3.05, 3.63) is 58.6 Å². The molecule has 0 heterocycles. The van der Waals surface area contributed by atoms with E-state index in [9.17, 15) is 13.2 Å². The fraction of sp³-hybridized carbons (Fsp3) is 0.0714. The number of hydrogen-bond donors (Lipinski definition) is 0. The van der Waals surface area contributed by atoms with Crippen molar-refractivity contribution in [2.24, 2.45) is 0 Å². The summed E-state index contributed by atoms with van der Waals surface area (Å²) in [5.74, 6) is 0.291. The Kier molecular flexibility index (Phi) is 3.86. The molecule has 0 atom stereocenters. The minimum absolute atomic E-state index is 0.0577. The molecule has 0 saturated carbocycles. The molecule has 0 saturated heterocycles. The molecule has 2 aromatic carbocycles. The molecule has 0 bridgehead atoms. The molecule has 0 aliphatic heterocycles. The third kappa shape index (κ3) is 3.03.